The van der Waals surface area contributed by atoms with Gasteiger partial charge in [0.2, 0.25) is 5.78 Å². The number of carbonyl (C=O) groups excluding carboxylic acids is 2. The van der Waals surface area contributed by atoms with E-state index in [-0.39, 0.29) is 18.3 Å². The zero-order valence-corrected chi connectivity index (χ0v) is 17.7. The smallest absolute Gasteiger partial charge is 0.343 e. The molecular weight excluding hydrogens is 464 g/mol. The first-order valence-electron chi connectivity index (χ1n) is 9.47. The molecule has 0 unspecified atom stereocenters. The third-order valence-electron chi connectivity index (χ3n) is 4.85. The predicted molar refractivity (Wildman–Crippen MR) is 115 cm³/mol. The molecule has 0 aliphatic carbocycles. The zero-order valence-electron chi connectivity index (χ0n) is 16.1. The fourth-order valence-corrected chi connectivity index (χ4v) is 3.95. The van der Waals surface area contributed by atoms with Gasteiger partial charge < -0.3 is 18.9 Å². The number of hydrogen-bond acceptors (Lipinski definition) is 6. The Morgan fingerprint density at radius 2 is 1.90 bits per heavy atom. The molecule has 5 rings (SSSR count). The van der Waals surface area contributed by atoms with Gasteiger partial charge in [-0.15, -0.1) is 0 Å². The normalized spacial score (nSPS) is 15.6. The van der Waals surface area contributed by atoms with Crippen molar-refractivity contribution in [3.63, 3.8) is 0 Å². The number of hydrogen-bond donors (Lipinski definition) is 0. The van der Waals surface area contributed by atoms with Crippen LogP contribution in [0, 0.1) is 0 Å². The van der Waals surface area contributed by atoms with E-state index in [1.165, 1.54) is 6.07 Å². The largest absolute Gasteiger partial charge is 0.467 e. The number of fused-ring (bicyclic) bond motifs is 2. The number of allylic oxidation sites excluding steroid dienone is 1. The maximum atomic E-state index is 12.8. The minimum absolute atomic E-state index is 0.149. The predicted octanol–water partition coefficient (Wildman–Crippen LogP) is 5.15. The second kappa shape index (κ2) is 8.02. The molecule has 0 bridgehead atoms. The highest BCUT2D eigenvalue weighted by Crippen LogP contribution is 2.38. The maximum Gasteiger partial charge on any atom is 0.343 e. The van der Waals surface area contributed by atoms with Crippen molar-refractivity contribution < 1.29 is 28.5 Å². The Hall–Kier alpha value is -3.42. The lowest BCUT2D eigenvalue weighted by molar-refractivity contribution is -0.0165. The van der Waals surface area contributed by atoms with Crippen LogP contribution in [0.5, 0.6) is 17.2 Å². The monoisotopic (exact) mass is 478 g/mol. The average molecular weight is 479 g/mol. The van der Waals surface area contributed by atoms with Crippen LogP contribution in [0.25, 0.3) is 6.08 Å². The summed E-state index contributed by atoms with van der Waals surface area (Å²) in [5.74, 6) is 0.714. The standard InChI is InChI=1S/C24H15BrO6/c25-17-8-15(23-16(9-17)12-28-13-29-23)10-21-22(26)19-7-6-18(11-20(19)31-21)30-24(27)14-4-2-1-3-5-14/h1-11H,12-13H2/b21-10-. The van der Waals surface area contributed by atoms with E-state index in [2.05, 4.69) is 15.9 Å². The Labute approximate surface area is 186 Å². The highest BCUT2D eigenvalue weighted by atomic mass is 79.9. The highest BCUT2D eigenvalue weighted by molar-refractivity contribution is 9.10. The van der Waals surface area contributed by atoms with E-state index in [1.807, 2.05) is 18.2 Å². The van der Waals surface area contributed by atoms with E-state index in [9.17, 15) is 9.59 Å². The number of esters is 1. The van der Waals surface area contributed by atoms with Crippen molar-refractivity contribution in [2.75, 3.05) is 6.79 Å². The summed E-state index contributed by atoms with van der Waals surface area (Å²) in [6, 6.07) is 17.1. The topological polar surface area (TPSA) is 71.1 Å². The van der Waals surface area contributed by atoms with Gasteiger partial charge in [-0.1, -0.05) is 34.1 Å². The summed E-state index contributed by atoms with van der Waals surface area (Å²) in [4.78, 5) is 25.1. The Bertz CT molecular complexity index is 1230. The molecule has 6 nitrogen and oxygen atoms in total. The SMILES string of the molecule is O=C(Oc1ccc2c(c1)O/C(=C\c1cc(Br)cc3c1OCOC3)C2=O)c1ccccc1. The van der Waals surface area contributed by atoms with E-state index < -0.39 is 5.97 Å². The van der Waals surface area contributed by atoms with Crippen LogP contribution in [0.2, 0.25) is 0 Å². The summed E-state index contributed by atoms with van der Waals surface area (Å²) < 4.78 is 23.0. The van der Waals surface area contributed by atoms with E-state index in [0.717, 1.165) is 10.0 Å². The Morgan fingerprint density at radius 1 is 1.06 bits per heavy atom. The fraction of sp³-hybridized carbons (Fsp3) is 0.0833. The molecule has 154 valence electrons. The second-order valence-corrected chi connectivity index (χ2v) is 7.86. The molecule has 0 atom stereocenters. The number of halogens is 1. The molecule has 3 aromatic carbocycles. The summed E-state index contributed by atoms with van der Waals surface area (Å²) >= 11 is 3.47. The lowest BCUT2D eigenvalue weighted by Crippen LogP contribution is -2.12. The molecule has 2 heterocycles. The quantitative estimate of drug-likeness (QED) is 0.294. The second-order valence-electron chi connectivity index (χ2n) is 6.95. The van der Waals surface area contributed by atoms with Crippen LogP contribution in [0.4, 0.5) is 0 Å². The van der Waals surface area contributed by atoms with Gasteiger partial charge in [0.1, 0.15) is 17.2 Å². The van der Waals surface area contributed by atoms with Gasteiger partial charge in [0, 0.05) is 21.7 Å². The molecule has 7 heteroatoms. The molecule has 2 aliphatic rings. The van der Waals surface area contributed by atoms with Crippen molar-refractivity contribution in [2.24, 2.45) is 0 Å². The Balaban J connectivity index is 1.42. The molecule has 0 spiro atoms. The van der Waals surface area contributed by atoms with Crippen LogP contribution in [-0.4, -0.2) is 18.5 Å². The summed E-state index contributed by atoms with van der Waals surface area (Å²) in [5.41, 5.74) is 2.42. The van der Waals surface area contributed by atoms with Gasteiger partial charge in [-0.3, -0.25) is 4.79 Å². The minimum atomic E-state index is -0.485. The summed E-state index contributed by atoms with van der Waals surface area (Å²) in [6.45, 7) is 0.575. The lowest BCUT2D eigenvalue weighted by Gasteiger charge is -2.20. The highest BCUT2D eigenvalue weighted by Gasteiger charge is 2.29. The van der Waals surface area contributed by atoms with Crippen LogP contribution in [0.1, 0.15) is 31.8 Å². The minimum Gasteiger partial charge on any atom is -0.467 e. The lowest BCUT2D eigenvalue weighted by atomic mass is 10.1. The van der Waals surface area contributed by atoms with E-state index in [0.29, 0.717) is 40.5 Å². The van der Waals surface area contributed by atoms with Crippen molar-refractivity contribution in [1.29, 1.82) is 0 Å². The van der Waals surface area contributed by atoms with Crippen molar-refractivity contribution in [3.05, 3.63) is 93.1 Å². The average Bonchev–Trinajstić information content (AvgIpc) is 3.09. The number of Topliss-reactive ketones (excluding diaryl/α,β-unsaturated/α-hetero) is 1. The summed E-state index contributed by atoms with van der Waals surface area (Å²) in [5, 5.41) is 0. The first-order valence-corrected chi connectivity index (χ1v) is 10.3. The van der Waals surface area contributed by atoms with Gasteiger partial charge in [0.15, 0.2) is 12.6 Å². The fourth-order valence-electron chi connectivity index (χ4n) is 3.43. The molecule has 0 saturated heterocycles. The molecule has 0 saturated carbocycles. The Kier molecular flexibility index (Phi) is 5.05. The molecule has 31 heavy (non-hydrogen) atoms. The zero-order chi connectivity index (χ0) is 21.4. The van der Waals surface area contributed by atoms with Crippen LogP contribution < -0.4 is 14.2 Å². The van der Waals surface area contributed by atoms with Gasteiger partial charge in [-0.2, -0.15) is 0 Å². The molecule has 0 aromatic heterocycles. The van der Waals surface area contributed by atoms with Crippen LogP contribution >= 0.6 is 15.9 Å². The van der Waals surface area contributed by atoms with Crippen molar-refractivity contribution in [2.45, 2.75) is 6.61 Å². The third-order valence-corrected chi connectivity index (χ3v) is 5.31. The van der Waals surface area contributed by atoms with Crippen LogP contribution in [0.15, 0.2) is 70.9 Å². The van der Waals surface area contributed by atoms with E-state index >= 15 is 0 Å². The van der Waals surface area contributed by atoms with E-state index in [4.69, 9.17) is 18.9 Å². The number of benzene rings is 3. The first kappa shape index (κ1) is 19.5. The molecule has 0 radical (unpaired) electrons. The number of carbonyl (C=O) groups is 2. The molecular formula is C24H15BrO6. The van der Waals surface area contributed by atoms with Crippen LogP contribution in [-0.2, 0) is 11.3 Å². The molecule has 2 aliphatic heterocycles. The molecule has 0 N–H and O–H groups in total. The van der Waals surface area contributed by atoms with Gasteiger partial charge in [-0.05, 0) is 42.5 Å². The van der Waals surface area contributed by atoms with Gasteiger partial charge >= 0.3 is 5.97 Å². The Morgan fingerprint density at radius 3 is 2.74 bits per heavy atom. The van der Waals surface area contributed by atoms with Crippen LogP contribution in [0.3, 0.4) is 0 Å². The number of ketones is 1. The summed E-state index contributed by atoms with van der Waals surface area (Å²) in [6.07, 6.45) is 1.65. The number of ether oxygens (including phenoxy) is 4. The molecule has 3 aromatic rings. The van der Waals surface area contributed by atoms with Gasteiger partial charge in [-0.25, -0.2) is 4.79 Å². The van der Waals surface area contributed by atoms with Crippen molar-refractivity contribution in [3.8, 4) is 17.2 Å². The molecule has 0 fully saturated rings. The number of rotatable bonds is 3. The van der Waals surface area contributed by atoms with Crippen molar-refractivity contribution in [1.82, 2.24) is 0 Å². The first-order chi connectivity index (χ1) is 15.1. The van der Waals surface area contributed by atoms with E-state index in [1.54, 1.807) is 42.5 Å². The van der Waals surface area contributed by atoms with Gasteiger partial charge in [0.05, 0.1) is 17.7 Å². The maximum absolute atomic E-state index is 12.8. The van der Waals surface area contributed by atoms with Crippen molar-refractivity contribution >= 4 is 33.8 Å². The third kappa shape index (κ3) is 3.85. The summed E-state index contributed by atoms with van der Waals surface area (Å²) in [7, 11) is 0. The molecule has 0 amide bonds. The van der Waals surface area contributed by atoms with Gasteiger partial charge in [0.25, 0.3) is 0 Å².